The molecule has 290 valence electrons. The maximum atomic E-state index is 13.6. The molecule has 7 atom stereocenters. The van der Waals surface area contributed by atoms with Crippen molar-refractivity contribution in [1.29, 1.82) is 0 Å². The molecular weight excluding hydrogens is 711 g/mol. The Balaban J connectivity index is 0.918. The Kier molecular flexibility index (Phi) is 10.6. The Hall–Kier alpha value is -5.89. The minimum Gasteiger partial charge on any atom is -0.453 e. The normalized spacial score (nSPS) is 22.5. The number of hydrogen-bond donors (Lipinski definition) is 4. The first-order valence-corrected chi connectivity index (χ1v) is 19.3. The van der Waals surface area contributed by atoms with Gasteiger partial charge >= 0.3 is 6.09 Å². The topological polar surface area (TPSA) is 180 Å². The van der Waals surface area contributed by atoms with Gasteiger partial charge in [0.2, 0.25) is 11.8 Å². The summed E-state index contributed by atoms with van der Waals surface area (Å²) in [7, 11) is 2.76. The summed E-state index contributed by atoms with van der Waals surface area (Å²) >= 11 is 0. The van der Waals surface area contributed by atoms with E-state index < -0.39 is 18.2 Å². The number of hydrogen-bond acceptors (Lipinski definition) is 9. The number of methoxy groups -OCH3 is 2. The summed E-state index contributed by atoms with van der Waals surface area (Å²) < 4.78 is 10.1. The molecule has 5 aromatic rings. The summed E-state index contributed by atoms with van der Waals surface area (Å²) in [6.07, 6.45) is 12.6. The number of benzene rings is 1. The summed E-state index contributed by atoms with van der Waals surface area (Å²) in [5, 5.41) is 5.79. The molecule has 8 rings (SSSR count). The number of carbonyl (C=O) groups is 3. The second-order valence-electron chi connectivity index (χ2n) is 15.1. The SMILES string of the molecule is COC(=O)N[C@H](C(=O)N1CCC[C@H]1c1ncc(-c2ccc(-c3ccc(-c4cnc([C@@H]5C6CCC(C6)[C@H]5C(=O)NCc5cccnc5)[nH]4)cc3)nc2)[nH]1)[C@@H](C)OC. The Labute approximate surface area is 325 Å². The highest BCUT2D eigenvalue weighted by Crippen LogP contribution is 2.56. The van der Waals surface area contributed by atoms with Gasteiger partial charge in [0.1, 0.15) is 17.7 Å². The van der Waals surface area contributed by atoms with E-state index in [1.165, 1.54) is 14.2 Å². The number of aromatic nitrogens is 6. The van der Waals surface area contributed by atoms with Crippen LogP contribution in [0.4, 0.5) is 4.79 Å². The summed E-state index contributed by atoms with van der Waals surface area (Å²) in [6.45, 7) is 2.75. The van der Waals surface area contributed by atoms with Gasteiger partial charge in [0.25, 0.3) is 0 Å². The van der Waals surface area contributed by atoms with Crippen LogP contribution in [0.1, 0.15) is 68.2 Å². The van der Waals surface area contributed by atoms with Gasteiger partial charge < -0.3 is 35.0 Å². The van der Waals surface area contributed by atoms with Crippen LogP contribution >= 0.6 is 0 Å². The van der Waals surface area contributed by atoms with E-state index in [4.69, 9.17) is 19.4 Å². The van der Waals surface area contributed by atoms with Crippen molar-refractivity contribution in [1.82, 2.24) is 45.4 Å². The van der Waals surface area contributed by atoms with Crippen molar-refractivity contribution >= 4 is 17.9 Å². The first-order chi connectivity index (χ1) is 27.3. The summed E-state index contributed by atoms with van der Waals surface area (Å²) in [6, 6.07) is 14.9. The van der Waals surface area contributed by atoms with Gasteiger partial charge in [-0.25, -0.2) is 14.8 Å². The summed E-state index contributed by atoms with van der Waals surface area (Å²) in [4.78, 5) is 66.2. The van der Waals surface area contributed by atoms with E-state index in [9.17, 15) is 14.4 Å². The van der Waals surface area contributed by atoms with Crippen molar-refractivity contribution in [3.63, 3.8) is 0 Å². The van der Waals surface area contributed by atoms with Gasteiger partial charge in [0.05, 0.1) is 54.6 Å². The molecule has 3 fully saturated rings. The third kappa shape index (κ3) is 7.40. The molecule has 4 N–H and O–H groups in total. The molecule has 14 nitrogen and oxygen atoms in total. The molecule has 1 saturated heterocycles. The minimum absolute atomic E-state index is 0.0799. The summed E-state index contributed by atoms with van der Waals surface area (Å²) in [5.41, 5.74) is 6.40. The number of fused-ring (bicyclic) bond motifs is 2. The highest BCUT2D eigenvalue weighted by Gasteiger charge is 2.52. The minimum atomic E-state index is -0.895. The molecule has 1 aromatic carbocycles. The number of rotatable bonds is 12. The molecule has 2 unspecified atom stereocenters. The largest absolute Gasteiger partial charge is 0.453 e. The van der Waals surface area contributed by atoms with E-state index >= 15 is 0 Å². The standard InChI is InChI=1S/C42H47N9O5/c1-24(55-2)37(50-42(54)56-3)41(53)51-17-5-7-34(51)38-45-23-33(48-38)30-14-15-31(44-21-30)26-8-10-27(11-9-26)32-22-46-39(49-32)35-28-12-13-29(18-28)36(35)40(52)47-20-25-6-4-16-43-19-25/h4,6,8-11,14-16,19,21-24,28-29,34-37H,5,7,12-13,17-18,20H2,1-3H3,(H,45,48)(H,46,49)(H,47,52)(H,50,54)/t24-,28?,29?,34+,35-,36-,37+/m1/s1. The van der Waals surface area contributed by atoms with E-state index in [1.54, 1.807) is 30.4 Å². The zero-order valence-electron chi connectivity index (χ0n) is 31.8. The molecule has 3 aliphatic rings. The molecule has 14 heteroatoms. The van der Waals surface area contributed by atoms with Crippen LogP contribution < -0.4 is 10.6 Å². The average molecular weight is 758 g/mol. The van der Waals surface area contributed by atoms with Gasteiger partial charge in [-0.2, -0.15) is 0 Å². The van der Waals surface area contributed by atoms with E-state index in [1.807, 2.05) is 36.7 Å². The van der Waals surface area contributed by atoms with Crippen molar-refractivity contribution < 1.29 is 23.9 Å². The van der Waals surface area contributed by atoms with Crippen LogP contribution in [-0.2, 0) is 25.6 Å². The molecule has 4 aromatic heterocycles. The molecule has 56 heavy (non-hydrogen) atoms. The number of nitrogens with zero attached hydrogens (tertiary/aromatic N) is 5. The fourth-order valence-corrected chi connectivity index (χ4v) is 8.92. The predicted molar refractivity (Wildman–Crippen MR) is 207 cm³/mol. The quantitative estimate of drug-likeness (QED) is 0.123. The molecule has 2 bridgehead atoms. The highest BCUT2D eigenvalue weighted by molar-refractivity contribution is 5.87. The van der Waals surface area contributed by atoms with Gasteiger partial charge in [-0.1, -0.05) is 30.3 Å². The second-order valence-corrected chi connectivity index (χ2v) is 15.1. The molecular formula is C42H47N9O5. The van der Waals surface area contributed by atoms with Gasteiger partial charge in [-0.05, 0) is 80.2 Å². The fourth-order valence-electron chi connectivity index (χ4n) is 8.92. The van der Waals surface area contributed by atoms with Crippen LogP contribution in [0.2, 0.25) is 0 Å². The first-order valence-electron chi connectivity index (χ1n) is 19.3. The van der Waals surface area contributed by atoms with Gasteiger partial charge in [0, 0.05) is 55.8 Å². The van der Waals surface area contributed by atoms with Crippen LogP contribution in [0.3, 0.4) is 0 Å². The number of likely N-dealkylation sites (tertiary alicyclic amines) is 1. The van der Waals surface area contributed by atoms with Crippen LogP contribution in [0.5, 0.6) is 0 Å². The van der Waals surface area contributed by atoms with Crippen LogP contribution in [0, 0.1) is 17.8 Å². The maximum absolute atomic E-state index is 13.6. The number of pyridine rings is 2. The van der Waals surface area contributed by atoms with Crippen LogP contribution in [0.15, 0.2) is 79.5 Å². The van der Waals surface area contributed by atoms with Crippen molar-refractivity contribution in [2.24, 2.45) is 17.8 Å². The molecule has 2 aliphatic carbocycles. The summed E-state index contributed by atoms with van der Waals surface area (Å²) in [5.74, 6) is 2.26. The number of amides is 3. The average Bonchev–Trinajstić information content (AvgIpc) is 4.10. The van der Waals surface area contributed by atoms with Crippen LogP contribution in [-0.4, -0.2) is 85.6 Å². The Bertz CT molecular complexity index is 2150. The zero-order chi connectivity index (χ0) is 38.8. The Morgan fingerprint density at radius 2 is 1.59 bits per heavy atom. The van der Waals surface area contributed by atoms with E-state index in [2.05, 4.69) is 54.8 Å². The van der Waals surface area contributed by atoms with E-state index in [-0.39, 0.29) is 29.7 Å². The Morgan fingerprint density at radius 3 is 2.32 bits per heavy atom. The number of aromatic amines is 2. The van der Waals surface area contributed by atoms with Crippen molar-refractivity contribution in [2.45, 2.75) is 69.7 Å². The lowest BCUT2D eigenvalue weighted by molar-refractivity contribution is -0.137. The Morgan fingerprint density at radius 1 is 0.857 bits per heavy atom. The highest BCUT2D eigenvalue weighted by atomic mass is 16.5. The first kappa shape index (κ1) is 37.1. The lowest BCUT2D eigenvalue weighted by Gasteiger charge is -2.30. The zero-order valence-corrected chi connectivity index (χ0v) is 31.8. The second kappa shape index (κ2) is 16.1. The maximum Gasteiger partial charge on any atom is 0.407 e. The number of H-pyrrole nitrogens is 2. The number of alkyl carbamates (subject to hydrolysis) is 1. The smallest absolute Gasteiger partial charge is 0.407 e. The van der Waals surface area contributed by atoms with Gasteiger partial charge in [-0.15, -0.1) is 0 Å². The van der Waals surface area contributed by atoms with E-state index in [0.717, 1.165) is 77.3 Å². The number of nitrogens with one attached hydrogen (secondary N) is 4. The third-order valence-corrected chi connectivity index (χ3v) is 11.9. The third-order valence-electron chi connectivity index (χ3n) is 11.9. The molecule has 5 heterocycles. The number of imidazole rings is 2. The van der Waals surface area contributed by atoms with E-state index in [0.29, 0.717) is 30.7 Å². The molecule has 0 radical (unpaired) electrons. The number of ether oxygens (including phenoxy) is 2. The van der Waals surface area contributed by atoms with Gasteiger partial charge in [0.15, 0.2) is 0 Å². The molecule has 3 amide bonds. The van der Waals surface area contributed by atoms with Crippen molar-refractivity contribution in [3.05, 3.63) is 96.7 Å². The number of carbonyl (C=O) groups excluding carboxylic acids is 3. The molecule has 1 aliphatic heterocycles. The fraction of sp³-hybridized carbons (Fsp3) is 0.405. The van der Waals surface area contributed by atoms with Crippen LogP contribution in [0.25, 0.3) is 33.8 Å². The predicted octanol–water partition coefficient (Wildman–Crippen LogP) is 5.79. The molecule has 0 spiro atoms. The monoisotopic (exact) mass is 757 g/mol. The lowest BCUT2D eigenvalue weighted by atomic mass is 9.78. The van der Waals surface area contributed by atoms with Crippen molar-refractivity contribution in [3.8, 4) is 33.8 Å². The van der Waals surface area contributed by atoms with Gasteiger partial charge in [-0.3, -0.25) is 19.6 Å². The molecule has 2 saturated carbocycles. The lowest BCUT2D eigenvalue weighted by Crippen LogP contribution is -2.54. The van der Waals surface area contributed by atoms with Crippen molar-refractivity contribution in [2.75, 3.05) is 20.8 Å².